The van der Waals surface area contributed by atoms with E-state index in [0.717, 1.165) is 6.20 Å². The van der Waals surface area contributed by atoms with Gasteiger partial charge in [-0.05, 0) is 6.92 Å². The van der Waals surface area contributed by atoms with E-state index in [1.807, 2.05) is 0 Å². The van der Waals surface area contributed by atoms with Gasteiger partial charge >= 0.3 is 12.1 Å². The summed E-state index contributed by atoms with van der Waals surface area (Å²) < 4.78 is 48.1. The third kappa shape index (κ3) is 5.42. The van der Waals surface area contributed by atoms with Crippen molar-refractivity contribution < 1.29 is 32.5 Å². The van der Waals surface area contributed by atoms with Gasteiger partial charge in [-0.15, -0.1) is 0 Å². The van der Waals surface area contributed by atoms with E-state index in [2.05, 4.69) is 5.10 Å². The van der Waals surface area contributed by atoms with Crippen LogP contribution in [0, 0.1) is 0 Å². The zero-order valence-electron chi connectivity index (χ0n) is 10.9. The molecule has 1 aromatic heterocycles. The lowest BCUT2D eigenvalue weighted by Gasteiger charge is -2.17. The molecule has 0 spiro atoms. The number of hydrogen-bond acceptors (Lipinski definition) is 5. The highest BCUT2D eigenvalue weighted by atomic mass is 19.4. The minimum Gasteiger partial charge on any atom is -0.486 e. The molecule has 0 aliphatic rings. The Morgan fingerprint density at radius 2 is 2.19 bits per heavy atom. The van der Waals surface area contributed by atoms with Gasteiger partial charge in [0, 0.05) is 0 Å². The number of H-pyrrole nitrogens is 1. The number of alkyl halides is 3. The second-order valence-electron chi connectivity index (χ2n) is 4.08. The molecule has 1 atom stereocenters. The fourth-order valence-corrected chi connectivity index (χ4v) is 1.40. The summed E-state index contributed by atoms with van der Waals surface area (Å²) in [6.45, 7) is 1.20. The molecule has 0 unspecified atom stereocenters. The maximum atomic E-state index is 12.7. The molecule has 7 nitrogen and oxygen atoms in total. The molecule has 0 saturated carbocycles. The summed E-state index contributed by atoms with van der Waals surface area (Å²) in [6.07, 6.45) is -5.18. The molecule has 21 heavy (non-hydrogen) atoms. The number of carbonyl (C=O) groups is 1. The average molecular weight is 310 g/mol. The lowest BCUT2D eigenvalue weighted by Crippen LogP contribution is -2.27. The second kappa shape index (κ2) is 7.07. The minimum absolute atomic E-state index is 0.0945. The van der Waals surface area contributed by atoms with Gasteiger partial charge < -0.3 is 14.6 Å². The molecule has 0 saturated heterocycles. The normalized spacial score (nSPS) is 13.0. The molecule has 2 N–H and O–H groups in total. The van der Waals surface area contributed by atoms with Gasteiger partial charge in [-0.2, -0.15) is 18.3 Å². The van der Waals surface area contributed by atoms with Crippen molar-refractivity contribution in [2.45, 2.75) is 25.6 Å². The Morgan fingerprint density at radius 1 is 1.52 bits per heavy atom. The van der Waals surface area contributed by atoms with E-state index >= 15 is 0 Å². The highest BCUT2D eigenvalue weighted by Gasteiger charge is 2.38. The molecule has 118 valence electrons. The van der Waals surface area contributed by atoms with Gasteiger partial charge in [0.1, 0.15) is 6.10 Å². The van der Waals surface area contributed by atoms with Crippen LogP contribution in [0.15, 0.2) is 11.0 Å². The molecule has 0 radical (unpaired) electrons. The van der Waals surface area contributed by atoms with Gasteiger partial charge in [-0.3, -0.25) is 9.59 Å². The van der Waals surface area contributed by atoms with Crippen molar-refractivity contribution in [3.8, 4) is 5.75 Å². The molecule has 0 fully saturated rings. The summed E-state index contributed by atoms with van der Waals surface area (Å²) in [4.78, 5) is 21.4. The first-order valence-electron chi connectivity index (χ1n) is 5.83. The molecule has 0 aliphatic heterocycles. The predicted octanol–water partition coefficient (Wildman–Crippen LogP) is 1.05. The van der Waals surface area contributed by atoms with Crippen molar-refractivity contribution in [3.05, 3.63) is 22.1 Å². The van der Waals surface area contributed by atoms with E-state index in [9.17, 15) is 22.8 Å². The van der Waals surface area contributed by atoms with Crippen LogP contribution >= 0.6 is 0 Å². The molecular weight excluding hydrogens is 297 g/mol. The van der Waals surface area contributed by atoms with Crippen molar-refractivity contribution in [1.82, 2.24) is 10.2 Å². The highest BCUT2D eigenvalue weighted by Crippen LogP contribution is 2.33. The van der Waals surface area contributed by atoms with Crippen LogP contribution in [0.4, 0.5) is 13.2 Å². The van der Waals surface area contributed by atoms with Gasteiger partial charge in [0.2, 0.25) is 0 Å². The van der Waals surface area contributed by atoms with Crippen LogP contribution in [0.5, 0.6) is 5.75 Å². The summed E-state index contributed by atoms with van der Waals surface area (Å²) in [5.74, 6) is -1.76. The van der Waals surface area contributed by atoms with Crippen LogP contribution in [0.3, 0.4) is 0 Å². The third-order valence-corrected chi connectivity index (χ3v) is 2.25. The zero-order chi connectivity index (χ0) is 16.0. The minimum atomic E-state index is -4.88. The Labute approximate surface area is 116 Å². The van der Waals surface area contributed by atoms with Crippen LogP contribution in [0.1, 0.15) is 18.9 Å². The first-order chi connectivity index (χ1) is 9.71. The van der Waals surface area contributed by atoms with Gasteiger partial charge in [0.15, 0.2) is 11.3 Å². The van der Waals surface area contributed by atoms with Crippen molar-refractivity contribution in [1.29, 1.82) is 0 Å². The second-order valence-corrected chi connectivity index (χ2v) is 4.08. The number of aromatic nitrogens is 2. The maximum Gasteiger partial charge on any atom is 0.425 e. The van der Waals surface area contributed by atoms with Gasteiger partial charge in [0.25, 0.3) is 5.56 Å². The van der Waals surface area contributed by atoms with Crippen LogP contribution in [-0.2, 0) is 15.7 Å². The van der Waals surface area contributed by atoms with Gasteiger partial charge in [-0.25, -0.2) is 5.10 Å². The summed E-state index contributed by atoms with van der Waals surface area (Å²) in [5.41, 5.74) is -2.88. The first kappa shape index (κ1) is 17.0. The van der Waals surface area contributed by atoms with Gasteiger partial charge in [-0.1, -0.05) is 0 Å². The number of carboxylic acid groups (broad SMARTS) is 1. The Kier molecular flexibility index (Phi) is 5.70. The molecule has 0 aliphatic carbocycles. The summed E-state index contributed by atoms with van der Waals surface area (Å²) in [7, 11) is 0. The number of ether oxygens (including phenoxy) is 2. The number of rotatable bonds is 7. The monoisotopic (exact) mass is 310 g/mol. The Balaban J connectivity index is 2.68. The van der Waals surface area contributed by atoms with E-state index in [0.29, 0.717) is 0 Å². The fourth-order valence-electron chi connectivity index (χ4n) is 1.40. The van der Waals surface area contributed by atoms with Crippen LogP contribution in [-0.4, -0.2) is 40.6 Å². The lowest BCUT2D eigenvalue weighted by atomic mass is 10.2. The van der Waals surface area contributed by atoms with Crippen molar-refractivity contribution in [2.24, 2.45) is 0 Å². The highest BCUT2D eigenvalue weighted by molar-refractivity contribution is 5.66. The number of aromatic amines is 1. The third-order valence-electron chi connectivity index (χ3n) is 2.25. The Morgan fingerprint density at radius 3 is 2.76 bits per heavy atom. The van der Waals surface area contributed by atoms with E-state index in [1.54, 1.807) is 5.10 Å². The molecular formula is C11H13F3N2O5. The number of nitrogens with one attached hydrogen (secondary N) is 1. The van der Waals surface area contributed by atoms with E-state index in [4.69, 9.17) is 14.6 Å². The number of hydrogen-bond donors (Lipinski definition) is 2. The van der Waals surface area contributed by atoms with Gasteiger partial charge in [0.05, 0.1) is 25.8 Å². The van der Waals surface area contributed by atoms with Crippen LogP contribution < -0.4 is 10.3 Å². The Hall–Kier alpha value is -2.10. The van der Waals surface area contributed by atoms with Crippen molar-refractivity contribution >= 4 is 5.97 Å². The summed E-state index contributed by atoms with van der Waals surface area (Å²) in [6, 6.07) is 0. The summed E-state index contributed by atoms with van der Waals surface area (Å²) >= 11 is 0. The molecule has 0 bridgehead atoms. The number of nitrogens with zero attached hydrogens (tertiary/aromatic N) is 1. The topological polar surface area (TPSA) is 102 Å². The number of carboxylic acids is 1. The predicted molar refractivity (Wildman–Crippen MR) is 63.0 cm³/mol. The van der Waals surface area contributed by atoms with Crippen LogP contribution in [0.25, 0.3) is 0 Å². The maximum absolute atomic E-state index is 12.7. The Bertz CT molecular complexity index is 543. The average Bonchev–Trinajstić information content (AvgIpc) is 2.32. The largest absolute Gasteiger partial charge is 0.486 e. The van der Waals surface area contributed by atoms with E-state index in [1.165, 1.54) is 6.92 Å². The standard InChI is InChI=1S/C11H13F3N2O5/c1-6(5-20-3-2-8(17)18)21-7-4-15-16-10(19)9(7)11(12,13)14/h4,6H,2-3,5H2,1H3,(H,16,19)(H,17,18)/t6-/m0/s1. The molecule has 1 heterocycles. The zero-order valence-corrected chi connectivity index (χ0v) is 10.9. The smallest absolute Gasteiger partial charge is 0.425 e. The molecule has 1 aromatic rings. The summed E-state index contributed by atoms with van der Waals surface area (Å²) in [5, 5.41) is 13.3. The number of halogens is 3. The van der Waals surface area contributed by atoms with Crippen molar-refractivity contribution in [3.63, 3.8) is 0 Å². The van der Waals surface area contributed by atoms with Crippen LogP contribution in [0.2, 0.25) is 0 Å². The fraction of sp³-hybridized carbons (Fsp3) is 0.545. The number of aliphatic carboxylic acids is 1. The molecule has 10 heteroatoms. The lowest BCUT2D eigenvalue weighted by molar-refractivity contribution is -0.141. The molecule has 1 rings (SSSR count). The molecule has 0 aromatic carbocycles. The van der Waals surface area contributed by atoms with E-state index in [-0.39, 0.29) is 19.6 Å². The van der Waals surface area contributed by atoms with E-state index < -0.39 is 35.1 Å². The first-order valence-corrected chi connectivity index (χ1v) is 5.83. The molecule has 0 amide bonds. The quantitative estimate of drug-likeness (QED) is 0.730. The van der Waals surface area contributed by atoms with Crippen molar-refractivity contribution in [2.75, 3.05) is 13.2 Å². The SMILES string of the molecule is C[C@@H](COCCC(=O)O)Oc1cn[nH]c(=O)c1C(F)(F)F.